The molecule has 0 fully saturated rings. The van der Waals surface area contributed by atoms with Crippen molar-refractivity contribution in [2.75, 3.05) is 0 Å². The molecule has 3 nitrogen and oxygen atoms in total. The standard InChI is InChI=1S/C50H31N3S/c1-2-10-32(11-3-1)33-18-20-34(21-19-33)49-42-14-4-7-15-44(42)51-50(52-49)35-22-26-38(27-23-35)53-45-16-8-5-12-39(45)40-28-24-37(31-46(40)53)36-25-29-48-43(30-36)41-13-6-9-17-47(41)54-48/h1-31H. The van der Waals surface area contributed by atoms with E-state index in [-0.39, 0.29) is 0 Å². The Labute approximate surface area is 316 Å². The first-order chi connectivity index (χ1) is 26.7. The van der Waals surface area contributed by atoms with Crippen molar-refractivity contribution in [2.45, 2.75) is 0 Å². The number of fused-ring (bicyclic) bond motifs is 7. The Hall–Kier alpha value is -6.88. The maximum Gasteiger partial charge on any atom is 0.160 e. The maximum absolute atomic E-state index is 5.20. The van der Waals surface area contributed by atoms with Gasteiger partial charge in [-0.15, -0.1) is 11.3 Å². The van der Waals surface area contributed by atoms with Crippen LogP contribution in [0.15, 0.2) is 188 Å². The molecule has 4 heteroatoms. The summed E-state index contributed by atoms with van der Waals surface area (Å²) in [5.74, 6) is 0.711. The topological polar surface area (TPSA) is 30.7 Å². The first kappa shape index (κ1) is 30.7. The Kier molecular flexibility index (Phi) is 7.04. The van der Waals surface area contributed by atoms with E-state index in [1.54, 1.807) is 0 Å². The summed E-state index contributed by atoms with van der Waals surface area (Å²) in [4.78, 5) is 10.3. The summed E-state index contributed by atoms with van der Waals surface area (Å²) in [7, 11) is 0. The minimum atomic E-state index is 0.711. The SMILES string of the molecule is c1ccc(-c2ccc(-c3nc(-c4ccc(-n5c6ccccc6c6ccc(-c7ccc8sc9ccccc9c8c7)cc65)cc4)nc4ccccc34)cc2)cc1. The highest BCUT2D eigenvalue weighted by atomic mass is 32.1. The van der Waals surface area contributed by atoms with Crippen LogP contribution in [0.4, 0.5) is 0 Å². The van der Waals surface area contributed by atoms with E-state index in [9.17, 15) is 0 Å². The predicted molar refractivity (Wildman–Crippen MR) is 229 cm³/mol. The highest BCUT2D eigenvalue weighted by molar-refractivity contribution is 7.25. The zero-order valence-electron chi connectivity index (χ0n) is 29.1. The van der Waals surface area contributed by atoms with Crippen LogP contribution in [-0.4, -0.2) is 14.5 Å². The molecule has 3 heterocycles. The van der Waals surface area contributed by atoms with Gasteiger partial charge in [0.2, 0.25) is 0 Å². The first-order valence-corrected chi connectivity index (χ1v) is 19.1. The summed E-state index contributed by atoms with van der Waals surface area (Å²) >= 11 is 1.86. The summed E-state index contributed by atoms with van der Waals surface area (Å²) in [6.45, 7) is 0. The smallest absolute Gasteiger partial charge is 0.160 e. The third kappa shape index (κ3) is 5.03. The number of hydrogen-bond donors (Lipinski definition) is 0. The Morgan fingerprint density at radius 3 is 1.80 bits per heavy atom. The zero-order chi connectivity index (χ0) is 35.6. The molecular weight excluding hydrogens is 675 g/mol. The number of thiophene rings is 1. The minimum absolute atomic E-state index is 0.711. The molecule has 0 N–H and O–H groups in total. The van der Waals surface area contributed by atoms with Crippen LogP contribution in [-0.2, 0) is 0 Å². The van der Waals surface area contributed by atoms with Gasteiger partial charge < -0.3 is 4.57 Å². The van der Waals surface area contributed by atoms with Crippen molar-refractivity contribution in [1.29, 1.82) is 0 Å². The van der Waals surface area contributed by atoms with Gasteiger partial charge in [-0.05, 0) is 82.9 Å². The van der Waals surface area contributed by atoms with Crippen LogP contribution in [0.5, 0.6) is 0 Å². The molecule has 0 aliphatic carbocycles. The molecule has 0 amide bonds. The molecule has 3 aromatic heterocycles. The third-order valence-electron chi connectivity index (χ3n) is 10.6. The number of hydrogen-bond acceptors (Lipinski definition) is 3. The fourth-order valence-electron chi connectivity index (χ4n) is 7.97. The van der Waals surface area contributed by atoms with Gasteiger partial charge in [0, 0.05) is 53.1 Å². The highest BCUT2D eigenvalue weighted by Crippen LogP contribution is 2.39. The largest absolute Gasteiger partial charge is 0.309 e. The van der Waals surface area contributed by atoms with E-state index >= 15 is 0 Å². The molecule has 0 saturated heterocycles. The van der Waals surface area contributed by atoms with Gasteiger partial charge in [0.1, 0.15) is 0 Å². The molecule has 252 valence electrons. The van der Waals surface area contributed by atoms with Crippen molar-refractivity contribution in [3.8, 4) is 50.6 Å². The van der Waals surface area contributed by atoms with Gasteiger partial charge in [0.15, 0.2) is 5.82 Å². The van der Waals surface area contributed by atoms with Gasteiger partial charge in [-0.2, -0.15) is 0 Å². The molecule has 11 rings (SSSR count). The molecule has 0 unspecified atom stereocenters. The van der Waals surface area contributed by atoms with Crippen molar-refractivity contribution in [1.82, 2.24) is 14.5 Å². The van der Waals surface area contributed by atoms with Crippen molar-refractivity contribution in [2.24, 2.45) is 0 Å². The van der Waals surface area contributed by atoms with Gasteiger partial charge >= 0.3 is 0 Å². The summed E-state index contributed by atoms with van der Waals surface area (Å²) < 4.78 is 5.03. The third-order valence-corrected chi connectivity index (χ3v) is 11.8. The van der Waals surface area contributed by atoms with Crippen LogP contribution in [0.3, 0.4) is 0 Å². The van der Waals surface area contributed by atoms with Crippen molar-refractivity contribution >= 4 is 64.2 Å². The van der Waals surface area contributed by atoms with Crippen molar-refractivity contribution in [3.05, 3.63) is 188 Å². The number of rotatable bonds is 5. The molecule has 0 radical (unpaired) electrons. The molecule has 0 saturated carbocycles. The fraction of sp³-hybridized carbons (Fsp3) is 0. The second-order valence-electron chi connectivity index (χ2n) is 13.8. The lowest BCUT2D eigenvalue weighted by Gasteiger charge is -2.12. The lowest BCUT2D eigenvalue weighted by atomic mass is 10.0. The lowest BCUT2D eigenvalue weighted by Crippen LogP contribution is -1.97. The van der Waals surface area contributed by atoms with Crippen LogP contribution >= 0.6 is 11.3 Å². The van der Waals surface area contributed by atoms with Crippen LogP contribution in [0, 0.1) is 0 Å². The molecule has 0 aliphatic rings. The van der Waals surface area contributed by atoms with E-state index in [0.717, 1.165) is 33.4 Å². The Bertz CT molecular complexity index is 3190. The van der Waals surface area contributed by atoms with Crippen molar-refractivity contribution < 1.29 is 0 Å². The Morgan fingerprint density at radius 1 is 0.352 bits per heavy atom. The van der Waals surface area contributed by atoms with Gasteiger partial charge in [0.25, 0.3) is 0 Å². The maximum atomic E-state index is 5.20. The van der Waals surface area contributed by atoms with E-state index in [1.807, 2.05) is 23.5 Å². The number of nitrogens with zero attached hydrogens (tertiary/aromatic N) is 3. The monoisotopic (exact) mass is 705 g/mol. The van der Waals surface area contributed by atoms with E-state index in [0.29, 0.717) is 5.82 Å². The highest BCUT2D eigenvalue weighted by Gasteiger charge is 2.16. The van der Waals surface area contributed by atoms with Crippen LogP contribution < -0.4 is 0 Å². The van der Waals surface area contributed by atoms with Crippen LogP contribution in [0.2, 0.25) is 0 Å². The molecule has 0 spiro atoms. The van der Waals surface area contributed by atoms with Gasteiger partial charge in [-0.25, -0.2) is 9.97 Å². The second kappa shape index (κ2) is 12.4. The second-order valence-corrected chi connectivity index (χ2v) is 14.9. The van der Waals surface area contributed by atoms with E-state index in [2.05, 4.69) is 180 Å². The quantitative estimate of drug-likeness (QED) is 0.178. The summed E-state index contributed by atoms with van der Waals surface area (Å²) in [6, 6.07) is 67.3. The van der Waals surface area contributed by atoms with Gasteiger partial charge in [0.05, 0.1) is 22.2 Å². The van der Waals surface area contributed by atoms with Crippen LogP contribution in [0.25, 0.3) is 103 Å². The Balaban J connectivity index is 1.01. The normalized spacial score (nSPS) is 11.7. The molecule has 54 heavy (non-hydrogen) atoms. The van der Waals surface area contributed by atoms with Crippen molar-refractivity contribution in [3.63, 3.8) is 0 Å². The summed E-state index contributed by atoms with van der Waals surface area (Å²) in [6.07, 6.45) is 0. The van der Waals surface area contributed by atoms with E-state index in [4.69, 9.17) is 9.97 Å². The number of aromatic nitrogens is 3. The Morgan fingerprint density at radius 2 is 0.944 bits per heavy atom. The zero-order valence-corrected chi connectivity index (χ0v) is 30.0. The van der Waals surface area contributed by atoms with E-state index in [1.165, 1.54) is 64.2 Å². The molecular formula is C50H31N3S. The average Bonchev–Trinajstić information content (AvgIpc) is 3.79. The predicted octanol–water partition coefficient (Wildman–Crippen LogP) is 13.8. The minimum Gasteiger partial charge on any atom is -0.309 e. The molecule has 0 atom stereocenters. The molecule has 8 aromatic carbocycles. The molecule has 11 aromatic rings. The molecule has 0 bridgehead atoms. The fourth-order valence-corrected chi connectivity index (χ4v) is 9.06. The lowest BCUT2D eigenvalue weighted by molar-refractivity contribution is 1.17. The summed E-state index contributed by atoms with van der Waals surface area (Å²) in [5.41, 5.74) is 12.2. The first-order valence-electron chi connectivity index (χ1n) is 18.2. The van der Waals surface area contributed by atoms with Gasteiger partial charge in [-0.3, -0.25) is 0 Å². The van der Waals surface area contributed by atoms with Crippen LogP contribution in [0.1, 0.15) is 0 Å². The van der Waals surface area contributed by atoms with Gasteiger partial charge in [-0.1, -0.05) is 127 Å². The average molecular weight is 706 g/mol. The van der Waals surface area contributed by atoms with E-state index < -0.39 is 0 Å². The summed E-state index contributed by atoms with van der Waals surface area (Å²) in [5, 5.41) is 6.15. The molecule has 0 aliphatic heterocycles. The number of benzene rings is 8. The number of para-hydroxylation sites is 2.